The molecule has 0 bridgehead atoms. The Balaban J connectivity index is 3.36. The molecule has 460 valence electrons. The second kappa shape index (κ2) is 67.6. The molecule has 2 unspecified atom stereocenters. The Hall–Kier alpha value is -1.92. The van der Waals surface area contributed by atoms with Crippen LogP contribution >= 0.6 is 0 Å². The fourth-order valence-electron chi connectivity index (χ4n) is 11.0. The van der Waals surface area contributed by atoms with E-state index >= 15 is 0 Å². The number of unbranched alkanes of at least 4 members (excludes halogenated alkanes) is 51. The normalized spacial score (nSPS) is 12.7. The first-order valence-corrected chi connectivity index (χ1v) is 35.3. The van der Waals surface area contributed by atoms with Crippen molar-refractivity contribution < 1.29 is 24.5 Å². The van der Waals surface area contributed by atoms with Crippen LogP contribution in [0.5, 0.6) is 0 Å². The first kappa shape index (κ1) is 76.1. The van der Waals surface area contributed by atoms with Crippen molar-refractivity contribution in [3.05, 3.63) is 36.5 Å². The number of ether oxygens (including phenoxy) is 1. The van der Waals surface area contributed by atoms with Crippen LogP contribution in [-0.4, -0.2) is 47.4 Å². The van der Waals surface area contributed by atoms with E-state index in [-0.39, 0.29) is 18.5 Å². The first-order chi connectivity index (χ1) is 38.5. The number of aliphatic hydroxyl groups excluding tert-OH is 2. The Kier molecular flexibility index (Phi) is 65.9. The minimum atomic E-state index is -0.842. The molecule has 78 heavy (non-hydrogen) atoms. The van der Waals surface area contributed by atoms with Crippen LogP contribution < -0.4 is 5.32 Å². The van der Waals surface area contributed by atoms with Gasteiger partial charge in [-0.05, 0) is 83.5 Å². The summed E-state index contributed by atoms with van der Waals surface area (Å²) in [5.41, 5.74) is 0. The molecule has 3 N–H and O–H groups in total. The summed E-state index contributed by atoms with van der Waals surface area (Å²) in [6.07, 6.45) is 86.6. The molecule has 1 amide bonds. The van der Waals surface area contributed by atoms with Crippen molar-refractivity contribution in [2.75, 3.05) is 13.2 Å². The molecule has 0 rings (SSSR count). The number of hydrogen-bond acceptors (Lipinski definition) is 5. The second-order valence-corrected chi connectivity index (χ2v) is 24.2. The monoisotopic (exact) mass is 1100 g/mol. The zero-order valence-corrected chi connectivity index (χ0v) is 52.7. The van der Waals surface area contributed by atoms with Crippen molar-refractivity contribution in [3.8, 4) is 0 Å². The molecular formula is C72H137NO5. The summed E-state index contributed by atoms with van der Waals surface area (Å²) in [5.74, 6) is -0.0531. The summed E-state index contributed by atoms with van der Waals surface area (Å²) in [6, 6.07) is -0.625. The van der Waals surface area contributed by atoms with E-state index in [1.54, 1.807) is 6.08 Å². The maximum atomic E-state index is 12.5. The summed E-state index contributed by atoms with van der Waals surface area (Å²) in [4.78, 5) is 24.5. The van der Waals surface area contributed by atoms with Crippen LogP contribution in [0.2, 0.25) is 0 Å². The SMILES string of the molecule is CCCCCCC/C=C\CCCCCCCC(=O)OCCCCCCCCCCCCCC/C=C\CCCCCCCCCCCCCCCCCCCC(=O)NC(CO)C(O)/C=C/CCCCCCCCCCCCCC. The Morgan fingerprint density at radius 2 is 0.603 bits per heavy atom. The number of carbonyl (C=O) groups is 2. The van der Waals surface area contributed by atoms with Crippen molar-refractivity contribution >= 4 is 11.9 Å². The van der Waals surface area contributed by atoms with E-state index in [4.69, 9.17) is 4.74 Å². The summed E-state index contributed by atoms with van der Waals surface area (Å²) in [7, 11) is 0. The smallest absolute Gasteiger partial charge is 0.305 e. The van der Waals surface area contributed by atoms with Gasteiger partial charge in [0, 0.05) is 12.8 Å². The molecule has 0 radical (unpaired) electrons. The van der Waals surface area contributed by atoms with Crippen LogP contribution in [0.25, 0.3) is 0 Å². The zero-order chi connectivity index (χ0) is 56.4. The van der Waals surface area contributed by atoms with Gasteiger partial charge in [-0.25, -0.2) is 0 Å². The molecule has 0 saturated heterocycles. The van der Waals surface area contributed by atoms with Crippen molar-refractivity contribution in [2.45, 2.75) is 398 Å². The Bertz CT molecular complexity index is 1260. The number of amides is 1. The molecule has 0 heterocycles. The fourth-order valence-corrected chi connectivity index (χ4v) is 11.0. The van der Waals surface area contributed by atoms with Gasteiger partial charge >= 0.3 is 5.97 Å². The van der Waals surface area contributed by atoms with E-state index in [2.05, 4.69) is 43.5 Å². The highest BCUT2D eigenvalue weighted by Gasteiger charge is 2.18. The third kappa shape index (κ3) is 63.3. The number of allylic oxidation sites excluding steroid dienone is 5. The van der Waals surface area contributed by atoms with Crippen molar-refractivity contribution in [1.29, 1.82) is 0 Å². The lowest BCUT2D eigenvalue weighted by Crippen LogP contribution is -2.45. The predicted molar refractivity (Wildman–Crippen MR) is 343 cm³/mol. The van der Waals surface area contributed by atoms with E-state index in [0.29, 0.717) is 19.4 Å². The molecule has 0 aliphatic carbocycles. The minimum Gasteiger partial charge on any atom is -0.466 e. The van der Waals surface area contributed by atoms with Gasteiger partial charge in [0.05, 0.1) is 25.4 Å². The summed E-state index contributed by atoms with van der Waals surface area (Å²) in [6.45, 7) is 4.91. The molecule has 0 aliphatic rings. The largest absolute Gasteiger partial charge is 0.466 e. The van der Waals surface area contributed by atoms with Gasteiger partial charge in [-0.15, -0.1) is 0 Å². The van der Waals surface area contributed by atoms with Crippen molar-refractivity contribution in [2.24, 2.45) is 0 Å². The van der Waals surface area contributed by atoms with Gasteiger partial charge in [0.15, 0.2) is 0 Å². The van der Waals surface area contributed by atoms with E-state index < -0.39 is 12.1 Å². The van der Waals surface area contributed by atoms with Crippen molar-refractivity contribution in [3.63, 3.8) is 0 Å². The fraction of sp³-hybridized carbons (Fsp3) is 0.889. The number of carbonyl (C=O) groups excluding carboxylic acids is 2. The third-order valence-electron chi connectivity index (χ3n) is 16.4. The van der Waals surface area contributed by atoms with Crippen LogP contribution in [-0.2, 0) is 14.3 Å². The standard InChI is InChI=1S/C72H137NO5/c1-3-5-7-9-11-13-15-17-40-44-48-52-56-60-64-70(75)69(68-74)73-71(76)65-61-57-53-49-45-41-38-36-34-32-30-28-26-24-22-20-19-21-23-25-27-29-31-33-35-37-39-43-47-51-55-59-63-67-78-72(77)66-62-58-54-50-46-42-18-16-14-12-10-8-6-4-2/h16,18,23,25,60,64,69-70,74-75H,3-15,17,19-22,24,26-59,61-63,65-68H2,1-2H3,(H,73,76)/b18-16-,25-23-,64-60+. The molecule has 0 fully saturated rings. The number of esters is 1. The molecule has 0 aromatic carbocycles. The van der Waals surface area contributed by atoms with Gasteiger partial charge < -0.3 is 20.3 Å². The highest BCUT2D eigenvalue weighted by Crippen LogP contribution is 2.18. The van der Waals surface area contributed by atoms with Gasteiger partial charge in [0.25, 0.3) is 0 Å². The molecule has 0 aliphatic heterocycles. The van der Waals surface area contributed by atoms with E-state index in [9.17, 15) is 19.8 Å². The molecule has 0 saturated carbocycles. The predicted octanol–water partition coefficient (Wildman–Crippen LogP) is 22.7. The number of rotatable bonds is 66. The third-order valence-corrected chi connectivity index (χ3v) is 16.4. The number of aliphatic hydroxyl groups is 2. The first-order valence-electron chi connectivity index (χ1n) is 35.3. The quantitative estimate of drug-likeness (QED) is 0.0320. The van der Waals surface area contributed by atoms with Crippen LogP contribution in [0, 0.1) is 0 Å². The zero-order valence-electron chi connectivity index (χ0n) is 52.7. The van der Waals surface area contributed by atoms with Gasteiger partial charge in [-0.2, -0.15) is 0 Å². The number of hydrogen-bond donors (Lipinski definition) is 3. The highest BCUT2D eigenvalue weighted by molar-refractivity contribution is 5.76. The lowest BCUT2D eigenvalue weighted by atomic mass is 10.0. The average Bonchev–Trinajstić information content (AvgIpc) is 3.44. The molecule has 0 aromatic heterocycles. The Morgan fingerprint density at radius 3 is 0.910 bits per heavy atom. The summed E-state index contributed by atoms with van der Waals surface area (Å²) >= 11 is 0. The van der Waals surface area contributed by atoms with Crippen LogP contribution in [0.15, 0.2) is 36.5 Å². The molecule has 0 spiro atoms. The maximum absolute atomic E-state index is 12.5. The topological polar surface area (TPSA) is 95.9 Å². The lowest BCUT2D eigenvalue weighted by Gasteiger charge is -2.20. The minimum absolute atomic E-state index is 0.0101. The summed E-state index contributed by atoms with van der Waals surface area (Å²) in [5, 5.41) is 23.1. The van der Waals surface area contributed by atoms with E-state index in [1.165, 1.54) is 315 Å². The molecule has 2 atom stereocenters. The highest BCUT2D eigenvalue weighted by atomic mass is 16.5. The molecule has 6 nitrogen and oxygen atoms in total. The van der Waals surface area contributed by atoms with Gasteiger partial charge in [0.1, 0.15) is 0 Å². The lowest BCUT2D eigenvalue weighted by molar-refractivity contribution is -0.143. The number of nitrogens with one attached hydrogen (secondary N) is 1. The summed E-state index contributed by atoms with van der Waals surface area (Å²) < 4.78 is 5.49. The van der Waals surface area contributed by atoms with Gasteiger partial charge in [0.2, 0.25) is 5.91 Å². The van der Waals surface area contributed by atoms with E-state index in [0.717, 1.165) is 44.9 Å². The van der Waals surface area contributed by atoms with Crippen LogP contribution in [0.4, 0.5) is 0 Å². The second-order valence-electron chi connectivity index (χ2n) is 24.2. The van der Waals surface area contributed by atoms with E-state index in [1.807, 2.05) is 6.08 Å². The van der Waals surface area contributed by atoms with Crippen LogP contribution in [0.3, 0.4) is 0 Å². The molecule has 0 aromatic rings. The van der Waals surface area contributed by atoms with Gasteiger partial charge in [-0.3, -0.25) is 9.59 Å². The van der Waals surface area contributed by atoms with Gasteiger partial charge in [-0.1, -0.05) is 326 Å². The maximum Gasteiger partial charge on any atom is 0.305 e. The average molecular weight is 1100 g/mol. The van der Waals surface area contributed by atoms with Crippen LogP contribution in [0.1, 0.15) is 386 Å². The molecule has 6 heteroatoms. The molecular weight excluding hydrogens is 959 g/mol. The Morgan fingerprint density at radius 1 is 0.346 bits per heavy atom. The van der Waals surface area contributed by atoms with Crippen molar-refractivity contribution in [1.82, 2.24) is 5.32 Å². The Labute approximate surface area is 487 Å².